The predicted molar refractivity (Wildman–Crippen MR) is 125 cm³/mol. The van der Waals surface area contributed by atoms with E-state index in [1.807, 2.05) is 0 Å². The zero-order chi connectivity index (χ0) is 28.0. The molecule has 0 radical (unpaired) electrons. The van der Waals surface area contributed by atoms with E-state index in [2.05, 4.69) is 12.5 Å². The van der Waals surface area contributed by atoms with Crippen LogP contribution in [0.2, 0.25) is 0 Å². The van der Waals surface area contributed by atoms with E-state index in [4.69, 9.17) is 11.5 Å². The molecule has 200 valence electrons. The Kier molecular flexibility index (Phi) is 9.93. The molecule has 3 rings (SSSR count). The maximum Gasteiger partial charge on any atom is 0.416 e. The summed E-state index contributed by atoms with van der Waals surface area (Å²) in [6.45, 7) is 5.69. The van der Waals surface area contributed by atoms with Gasteiger partial charge in [-0.2, -0.15) is 26.3 Å². The molecule has 3 nitrogen and oxygen atoms in total. The van der Waals surface area contributed by atoms with Crippen LogP contribution >= 0.6 is 0 Å². The Bertz CT molecular complexity index is 1130. The first-order chi connectivity index (χ1) is 17.1. The summed E-state index contributed by atoms with van der Waals surface area (Å²) in [4.78, 5) is 12.9. The Morgan fingerprint density at radius 2 is 1.62 bits per heavy atom. The summed E-state index contributed by atoms with van der Waals surface area (Å²) < 4.78 is 91.8. The van der Waals surface area contributed by atoms with Gasteiger partial charge in [0.15, 0.2) is 0 Å². The normalized spacial score (nSPS) is 18.4. The molecule has 2 unspecified atom stereocenters. The zero-order valence-electron chi connectivity index (χ0n) is 20.0. The van der Waals surface area contributed by atoms with Crippen LogP contribution < -0.4 is 0 Å². The summed E-state index contributed by atoms with van der Waals surface area (Å²) in [6.07, 6.45) is -3.87. The molecule has 0 aromatic heterocycles. The minimum atomic E-state index is -4.71. The van der Waals surface area contributed by atoms with Gasteiger partial charge in [-0.25, -0.2) is 4.39 Å². The highest BCUT2D eigenvalue weighted by Gasteiger charge is 2.35. The van der Waals surface area contributed by atoms with Crippen LogP contribution in [-0.2, 0) is 23.7 Å². The van der Waals surface area contributed by atoms with Crippen molar-refractivity contribution in [3.8, 4) is 12.3 Å². The van der Waals surface area contributed by atoms with E-state index < -0.39 is 41.3 Å². The van der Waals surface area contributed by atoms with Gasteiger partial charge in [-0.15, -0.1) is 6.42 Å². The van der Waals surface area contributed by atoms with Gasteiger partial charge in [-0.3, -0.25) is 9.69 Å². The molecule has 1 heterocycles. The first-order valence-electron chi connectivity index (χ1n) is 11.2. The highest BCUT2D eigenvalue weighted by atomic mass is 19.4. The molecule has 0 bridgehead atoms. The molecule has 2 aromatic rings. The van der Waals surface area contributed by atoms with E-state index in [1.54, 1.807) is 11.8 Å². The smallest absolute Gasteiger partial charge is 0.416 e. The lowest BCUT2D eigenvalue weighted by molar-refractivity contribution is -0.139. The molecule has 0 aliphatic carbocycles. The Morgan fingerprint density at radius 1 is 1.08 bits per heavy atom. The van der Waals surface area contributed by atoms with Crippen LogP contribution in [0.1, 0.15) is 54.5 Å². The van der Waals surface area contributed by atoms with Crippen molar-refractivity contribution in [3.05, 3.63) is 82.7 Å². The van der Waals surface area contributed by atoms with E-state index in [1.165, 1.54) is 12.1 Å². The van der Waals surface area contributed by atoms with Crippen molar-refractivity contribution in [2.24, 2.45) is 5.92 Å². The van der Waals surface area contributed by atoms with Crippen LogP contribution in [0.25, 0.3) is 0 Å². The Balaban J connectivity index is 0.000000877. The summed E-state index contributed by atoms with van der Waals surface area (Å²) in [5.74, 6) is -0.0564. The van der Waals surface area contributed by atoms with E-state index in [-0.39, 0.29) is 30.9 Å². The highest BCUT2D eigenvalue weighted by Crippen LogP contribution is 2.39. The number of hydrogen-bond donors (Lipinski definition) is 1. The number of carboxylic acid groups (broad SMARTS) is 1. The van der Waals surface area contributed by atoms with Gasteiger partial charge >= 0.3 is 18.3 Å². The topological polar surface area (TPSA) is 40.5 Å². The lowest BCUT2D eigenvalue weighted by atomic mass is 9.84. The van der Waals surface area contributed by atoms with Crippen molar-refractivity contribution >= 4 is 5.97 Å². The van der Waals surface area contributed by atoms with Gasteiger partial charge in [0.05, 0.1) is 11.1 Å². The molecular formula is C27H26F7NO2. The highest BCUT2D eigenvalue weighted by molar-refractivity contribution is 5.67. The Morgan fingerprint density at radius 3 is 2.08 bits per heavy atom. The number of terminal acetylenes is 1. The molecule has 1 N–H and O–H groups in total. The number of piperidine rings is 1. The molecule has 1 aliphatic rings. The summed E-state index contributed by atoms with van der Waals surface area (Å²) in [7, 11) is 0. The third-order valence-electron chi connectivity index (χ3n) is 5.89. The maximum atomic E-state index is 14.7. The van der Waals surface area contributed by atoms with Gasteiger partial charge in [0.2, 0.25) is 0 Å². The van der Waals surface area contributed by atoms with E-state index in [0.717, 1.165) is 29.8 Å². The van der Waals surface area contributed by atoms with Gasteiger partial charge in [-0.05, 0) is 67.6 Å². The molecule has 0 amide bonds. The number of carboxylic acids is 1. The van der Waals surface area contributed by atoms with Crippen molar-refractivity contribution in [2.45, 2.75) is 51.1 Å². The van der Waals surface area contributed by atoms with Crippen LogP contribution in [-0.4, -0.2) is 22.5 Å². The Labute approximate surface area is 210 Å². The van der Waals surface area contributed by atoms with E-state index in [9.17, 15) is 35.5 Å². The van der Waals surface area contributed by atoms with Crippen LogP contribution in [0.5, 0.6) is 0 Å². The largest absolute Gasteiger partial charge is 0.481 e. The van der Waals surface area contributed by atoms with Crippen molar-refractivity contribution < 1.29 is 40.6 Å². The molecule has 1 saturated heterocycles. The van der Waals surface area contributed by atoms with Crippen molar-refractivity contribution in [1.82, 2.24) is 4.90 Å². The predicted octanol–water partition coefficient (Wildman–Crippen LogP) is 7.49. The Hall–Kier alpha value is -3.32. The second kappa shape index (κ2) is 12.3. The lowest BCUT2D eigenvalue weighted by Crippen LogP contribution is -2.37. The first-order valence-corrected chi connectivity index (χ1v) is 11.2. The van der Waals surface area contributed by atoms with Crippen molar-refractivity contribution in [1.29, 1.82) is 0 Å². The van der Waals surface area contributed by atoms with Gasteiger partial charge in [0.1, 0.15) is 5.82 Å². The number of benzene rings is 2. The third kappa shape index (κ3) is 8.93. The average molecular weight is 529 g/mol. The van der Waals surface area contributed by atoms with Crippen LogP contribution in [0.3, 0.4) is 0 Å². The van der Waals surface area contributed by atoms with Crippen LogP contribution in [0.15, 0.2) is 54.6 Å². The number of allylic oxidation sites excluding steroid dienone is 1. The molecule has 1 fully saturated rings. The molecular weight excluding hydrogens is 503 g/mol. The molecule has 10 heteroatoms. The number of nitrogens with zero attached hydrogens (tertiary/aromatic N) is 1. The fraction of sp³-hybridized carbons (Fsp3) is 0.370. The van der Waals surface area contributed by atoms with Gasteiger partial charge in [0, 0.05) is 24.6 Å². The number of halogens is 7. The third-order valence-corrected chi connectivity index (χ3v) is 5.89. The molecule has 2 atom stereocenters. The second-order valence-electron chi connectivity index (χ2n) is 8.83. The first kappa shape index (κ1) is 29.9. The number of hydrogen-bond acceptors (Lipinski definition) is 2. The number of likely N-dealkylation sites (tertiary alicyclic amines) is 1. The molecule has 1 aliphatic heterocycles. The van der Waals surface area contributed by atoms with Crippen LogP contribution in [0.4, 0.5) is 30.7 Å². The van der Waals surface area contributed by atoms with Crippen LogP contribution in [0, 0.1) is 24.1 Å². The van der Waals surface area contributed by atoms with E-state index in [0.29, 0.717) is 24.6 Å². The van der Waals surface area contributed by atoms with E-state index >= 15 is 0 Å². The maximum absolute atomic E-state index is 14.7. The fourth-order valence-corrected chi connectivity index (χ4v) is 4.04. The monoisotopic (exact) mass is 529 g/mol. The van der Waals surface area contributed by atoms with Gasteiger partial charge in [0.25, 0.3) is 0 Å². The van der Waals surface area contributed by atoms with Gasteiger partial charge in [-0.1, -0.05) is 30.7 Å². The summed E-state index contributed by atoms with van der Waals surface area (Å²) in [6, 6.07) is 5.98. The standard InChI is InChI=1S/C22H20F7NO2.C5H6/c23-18-11-16(22(27,28)29)5-6-17(18)19-9-14(10-20(31)32)7-8-30(19)12-13-1-3-15(4-2-13)21(24,25)26;1-4-5(2)3/h1-6,11,14,19H,7-10,12H2,(H,31,32);1H,2H2,3H3. The minimum absolute atomic E-state index is 0.000000420. The fourth-order valence-electron chi connectivity index (χ4n) is 4.04. The lowest BCUT2D eigenvalue weighted by Gasteiger charge is -2.40. The summed E-state index contributed by atoms with van der Waals surface area (Å²) in [5.41, 5.74) is -0.644. The number of alkyl halides is 6. The zero-order valence-corrected chi connectivity index (χ0v) is 20.0. The molecule has 2 aromatic carbocycles. The molecule has 0 saturated carbocycles. The van der Waals surface area contributed by atoms with Gasteiger partial charge < -0.3 is 5.11 Å². The second-order valence-corrected chi connectivity index (χ2v) is 8.83. The minimum Gasteiger partial charge on any atom is -0.481 e. The number of carbonyl (C=O) groups is 1. The molecule has 37 heavy (non-hydrogen) atoms. The number of aliphatic carboxylic acids is 1. The SMILES string of the molecule is C#CC(=C)C.O=C(O)CC1CCN(Cc2ccc(C(F)(F)F)cc2)C(c2ccc(C(F)(F)F)cc2F)C1. The summed E-state index contributed by atoms with van der Waals surface area (Å²) in [5, 5.41) is 9.09. The van der Waals surface area contributed by atoms with Crippen molar-refractivity contribution in [2.75, 3.05) is 6.54 Å². The summed E-state index contributed by atoms with van der Waals surface area (Å²) >= 11 is 0. The van der Waals surface area contributed by atoms with Crippen molar-refractivity contribution in [3.63, 3.8) is 0 Å². The average Bonchev–Trinajstić information content (AvgIpc) is 2.79. The molecule has 0 spiro atoms. The number of rotatable bonds is 5. The quantitative estimate of drug-likeness (QED) is 0.322.